The second-order valence-electron chi connectivity index (χ2n) is 8.14. The van der Waals surface area contributed by atoms with Gasteiger partial charge in [0.25, 0.3) is 11.6 Å². The number of amides is 1. The Labute approximate surface area is 197 Å². The van der Waals surface area contributed by atoms with Gasteiger partial charge in [0, 0.05) is 51.7 Å². The molecule has 0 aliphatic heterocycles. The molecule has 0 spiro atoms. The molecule has 0 atom stereocenters. The zero-order valence-corrected chi connectivity index (χ0v) is 19.4. The van der Waals surface area contributed by atoms with E-state index in [2.05, 4.69) is 27.2 Å². The van der Waals surface area contributed by atoms with Gasteiger partial charge in [-0.25, -0.2) is 5.43 Å². The fourth-order valence-electron chi connectivity index (χ4n) is 4.12. The number of aryl methyl sites for hydroxylation is 3. The van der Waals surface area contributed by atoms with Gasteiger partial charge >= 0.3 is 0 Å². The highest BCUT2D eigenvalue weighted by Gasteiger charge is 2.13. The van der Waals surface area contributed by atoms with Crippen LogP contribution in [0.15, 0.2) is 71.8 Å². The van der Waals surface area contributed by atoms with E-state index in [4.69, 9.17) is 0 Å². The predicted octanol–water partition coefficient (Wildman–Crippen LogP) is 5.17. The van der Waals surface area contributed by atoms with Crippen molar-refractivity contribution < 1.29 is 9.72 Å². The molecule has 34 heavy (non-hydrogen) atoms. The molecule has 2 aromatic heterocycles. The number of non-ortho nitro benzene ring substituents is 1. The van der Waals surface area contributed by atoms with Crippen LogP contribution in [0.25, 0.3) is 11.4 Å². The summed E-state index contributed by atoms with van der Waals surface area (Å²) in [5.74, 6) is -0.309. The first-order chi connectivity index (χ1) is 16.3. The summed E-state index contributed by atoms with van der Waals surface area (Å²) in [4.78, 5) is 23.3. The van der Waals surface area contributed by atoms with Gasteiger partial charge in [-0.2, -0.15) is 5.10 Å². The van der Waals surface area contributed by atoms with E-state index in [-0.39, 0.29) is 11.6 Å². The van der Waals surface area contributed by atoms with Crippen LogP contribution in [0.3, 0.4) is 0 Å². The lowest BCUT2D eigenvalue weighted by Crippen LogP contribution is -2.17. The topological polar surface area (TPSA) is 94.5 Å². The Morgan fingerprint density at radius 3 is 2.21 bits per heavy atom. The highest BCUT2D eigenvalue weighted by atomic mass is 16.6. The molecule has 8 heteroatoms. The number of nitrogens with zero attached hydrogens (tertiary/aromatic N) is 4. The molecule has 2 heterocycles. The van der Waals surface area contributed by atoms with Gasteiger partial charge in [0.2, 0.25) is 0 Å². The number of rotatable bonds is 6. The number of hydrogen-bond donors (Lipinski definition) is 1. The summed E-state index contributed by atoms with van der Waals surface area (Å²) in [5.41, 5.74) is 9.61. The van der Waals surface area contributed by atoms with Crippen molar-refractivity contribution in [3.63, 3.8) is 0 Å². The number of carbonyl (C=O) groups excluding carboxylic acids is 1. The Morgan fingerprint density at radius 2 is 1.56 bits per heavy atom. The van der Waals surface area contributed by atoms with Crippen molar-refractivity contribution in [3.05, 3.63) is 111 Å². The van der Waals surface area contributed by atoms with Crippen molar-refractivity contribution in [2.45, 2.75) is 27.7 Å². The van der Waals surface area contributed by atoms with Gasteiger partial charge in [-0.1, -0.05) is 6.07 Å². The summed E-state index contributed by atoms with van der Waals surface area (Å²) < 4.78 is 4.04. The molecule has 0 radical (unpaired) electrons. The van der Waals surface area contributed by atoms with Crippen molar-refractivity contribution in [1.82, 2.24) is 14.6 Å². The lowest BCUT2D eigenvalue weighted by atomic mass is 10.2. The molecule has 4 aromatic rings. The van der Waals surface area contributed by atoms with Gasteiger partial charge in [0.05, 0.1) is 16.8 Å². The van der Waals surface area contributed by atoms with Crippen LogP contribution >= 0.6 is 0 Å². The monoisotopic (exact) mass is 455 g/mol. The number of benzene rings is 2. The molecular formula is C26H25N5O3. The van der Waals surface area contributed by atoms with Crippen LogP contribution in [-0.4, -0.2) is 26.2 Å². The third kappa shape index (κ3) is 4.38. The standard InChI is InChI=1S/C26H25N5O3/c1-17-8-9-18(2)29(17)23-12-10-21(11-13-23)26(32)28-27-16-22-14-19(3)30(20(22)4)24-6-5-7-25(15-24)31(33)34/h5-16H,1-4H3,(H,28,32)/b27-16+. The Balaban J connectivity index is 1.49. The average Bonchev–Trinajstić information content (AvgIpc) is 3.30. The van der Waals surface area contributed by atoms with Crippen LogP contribution in [0.5, 0.6) is 0 Å². The molecule has 0 saturated carbocycles. The molecule has 0 bridgehead atoms. The maximum absolute atomic E-state index is 12.5. The van der Waals surface area contributed by atoms with Crippen molar-refractivity contribution in [1.29, 1.82) is 0 Å². The number of nitro benzene ring substituents is 1. The molecule has 8 nitrogen and oxygen atoms in total. The molecule has 0 saturated heterocycles. The third-order valence-corrected chi connectivity index (χ3v) is 5.80. The quantitative estimate of drug-likeness (QED) is 0.247. The minimum Gasteiger partial charge on any atom is -0.319 e. The van der Waals surface area contributed by atoms with Gasteiger partial charge < -0.3 is 9.13 Å². The highest BCUT2D eigenvalue weighted by Crippen LogP contribution is 2.23. The predicted molar refractivity (Wildman–Crippen MR) is 132 cm³/mol. The van der Waals surface area contributed by atoms with Crippen LogP contribution in [-0.2, 0) is 0 Å². The number of aromatic nitrogens is 2. The molecule has 0 aliphatic carbocycles. The minimum absolute atomic E-state index is 0.0283. The molecule has 0 unspecified atom stereocenters. The zero-order valence-electron chi connectivity index (χ0n) is 19.4. The summed E-state index contributed by atoms with van der Waals surface area (Å²) in [7, 11) is 0. The summed E-state index contributed by atoms with van der Waals surface area (Å²) in [6.45, 7) is 7.90. The normalized spacial score (nSPS) is 11.2. The largest absolute Gasteiger partial charge is 0.319 e. The maximum Gasteiger partial charge on any atom is 0.271 e. The van der Waals surface area contributed by atoms with Crippen molar-refractivity contribution in [2.75, 3.05) is 0 Å². The molecule has 1 N–H and O–H groups in total. The number of carbonyl (C=O) groups is 1. The summed E-state index contributed by atoms with van der Waals surface area (Å²) >= 11 is 0. The Kier molecular flexibility index (Phi) is 6.14. The molecule has 0 fully saturated rings. The van der Waals surface area contributed by atoms with E-state index in [1.54, 1.807) is 24.4 Å². The number of hydrogen-bond acceptors (Lipinski definition) is 4. The van der Waals surface area contributed by atoms with Gasteiger partial charge in [-0.15, -0.1) is 0 Å². The number of nitrogens with one attached hydrogen (secondary N) is 1. The van der Waals surface area contributed by atoms with Gasteiger partial charge in [0.15, 0.2) is 0 Å². The lowest BCUT2D eigenvalue weighted by Gasteiger charge is -2.10. The summed E-state index contributed by atoms with van der Waals surface area (Å²) in [6, 6.07) is 19.9. The van der Waals surface area contributed by atoms with Crippen LogP contribution in [0, 0.1) is 37.8 Å². The van der Waals surface area contributed by atoms with Crippen LogP contribution in [0.2, 0.25) is 0 Å². The summed E-state index contributed by atoms with van der Waals surface area (Å²) in [6.07, 6.45) is 1.58. The lowest BCUT2D eigenvalue weighted by molar-refractivity contribution is -0.384. The highest BCUT2D eigenvalue weighted by molar-refractivity contribution is 5.95. The van der Waals surface area contributed by atoms with E-state index < -0.39 is 4.92 Å². The Morgan fingerprint density at radius 1 is 0.882 bits per heavy atom. The molecule has 1 amide bonds. The van der Waals surface area contributed by atoms with Crippen molar-refractivity contribution in [3.8, 4) is 11.4 Å². The molecule has 0 aliphatic rings. The fraction of sp³-hybridized carbons (Fsp3) is 0.154. The number of hydrazone groups is 1. The molecular weight excluding hydrogens is 430 g/mol. The smallest absolute Gasteiger partial charge is 0.271 e. The SMILES string of the molecule is Cc1ccc(C)n1-c1ccc(C(=O)N/N=C/c2cc(C)n(-c3cccc([N+](=O)[O-])c3)c2C)cc1. The Hall–Kier alpha value is -4.46. The van der Waals surface area contributed by atoms with E-state index in [9.17, 15) is 14.9 Å². The van der Waals surface area contributed by atoms with Gasteiger partial charge in [-0.05, 0) is 76.2 Å². The van der Waals surface area contributed by atoms with Crippen molar-refractivity contribution in [2.24, 2.45) is 5.10 Å². The summed E-state index contributed by atoms with van der Waals surface area (Å²) in [5, 5.41) is 15.2. The average molecular weight is 456 g/mol. The minimum atomic E-state index is -0.414. The van der Waals surface area contributed by atoms with Crippen LogP contribution in [0.4, 0.5) is 5.69 Å². The van der Waals surface area contributed by atoms with Gasteiger partial charge in [-0.3, -0.25) is 14.9 Å². The van der Waals surface area contributed by atoms with Gasteiger partial charge in [0.1, 0.15) is 0 Å². The molecule has 172 valence electrons. The molecule has 2 aromatic carbocycles. The van der Waals surface area contributed by atoms with Crippen LogP contribution < -0.4 is 5.43 Å². The van der Waals surface area contributed by atoms with E-state index >= 15 is 0 Å². The fourth-order valence-corrected chi connectivity index (χ4v) is 4.12. The first-order valence-corrected chi connectivity index (χ1v) is 10.8. The first-order valence-electron chi connectivity index (χ1n) is 10.8. The molecule has 4 rings (SSSR count). The van der Waals surface area contributed by atoms with E-state index in [0.29, 0.717) is 11.3 Å². The van der Waals surface area contributed by atoms with Crippen molar-refractivity contribution >= 4 is 17.8 Å². The van der Waals surface area contributed by atoms with Crippen LogP contribution in [0.1, 0.15) is 38.7 Å². The van der Waals surface area contributed by atoms with E-state index in [1.165, 1.54) is 12.1 Å². The van der Waals surface area contributed by atoms with E-state index in [1.807, 2.05) is 56.5 Å². The van der Waals surface area contributed by atoms with E-state index in [0.717, 1.165) is 34.0 Å². The second-order valence-corrected chi connectivity index (χ2v) is 8.14. The Bertz CT molecular complexity index is 1390. The third-order valence-electron chi connectivity index (χ3n) is 5.80. The second kappa shape index (κ2) is 9.19. The first kappa shape index (κ1) is 22.7. The maximum atomic E-state index is 12.5. The number of nitro groups is 1. The zero-order chi connectivity index (χ0) is 24.4.